The first-order valence-electron chi connectivity index (χ1n) is 9.34. The Hall–Kier alpha value is -1.62. The van der Waals surface area contributed by atoms with Crippen molar-refractivity contribution >= 4 is 17.5 Å². The molecule has 0 spiro atoms. The molecule has 1 aliphatic heterocycles. The molecule has 0 amide bonds. The summed E-state index contributed by atoms with van der Waals surface area (Å²) in [6, 6.07) is 14.0. The molecule has 4 heteroatoms. The maximum Gasteiger partial charge on any atom is 0.194 e. The summed E-state index contributed by atoms with van der Waals surface area (Å²) in [5.74, 6) is 0.939. The predicted molar refractivity (Wildman–Crippen MR) is 106 cm³/mol. The summed E-state index contributed by atoms with van der Waals surface area (Å²) in [5.41, 5.74) is 3.87. The van der Waals surface area contributed by atoms with Gasteiger partial charge < -0.3 is 9.47 Å². The Kier molecular flexibility index (Phi) is 6.89. The van der Waals surface area contributed by atoms with Gasteiger partial charge in [0.2, 0.25) is 0 Å². The van der Waals surface area contributed by atoms with E-state index in [9.17, 15) is 4.79 Å². The van der Waals surface area contributed by atoms with Gasteiger partial charge in [-0.2, -0.15) is 0 Å². The number of carbonyl (C=O) groups excluding carboxylic acids is 1. The van der Waals surface area contributed by atoms with E-state index >= 15 is 0 Å². The number of thioether (sulfide) groups is 1. The molecule has 2 aromatic carbocycles. The first kappa shape index (κ1) is 19.2. The van der Waals surface area contributed by atoms with Gasteiger partial charge in [-0.05, 0) is 36.1 Å². The second-order valence-electron chi connectivity index (χ2n) is 6.48. The minimum atomic E-state index is -0.225. The second kappa shape index (κ2) is 9.36. The van der Waals surface area contributed by atoms with Crippen LogP contribution in [0.5, 0.6) is 0 Å². The van der Waals surface area contributed by atoms with Crippen LogP contribution in [0.15, 0.2) is 47.4 Å². The maximum absolute atomic E-state index is 12.9. The number of fused-ring (bicyclic) bond motifs is 2. The maximum atomic E-state index is 12.9. The molecule has 0 bridgehead atoms. The van der Waals surface area contributed by atoms with E-state index in [-0.39, 0.29) is 12.1 Å². The van der Waals surface area contributed by atoms with Crippen molar-refractivity contribution in [3.8, 4) is 0 Å². The van der Waals surface area contributed by atoms with Crippen LogP contribution in [0.3, 0.4) is 0 Å². The van der Waals surface area contributed by atoms with Crippen LogP contribution in [0.25, 0.3) is 0 Å². The molecule has 0 saturated heterocycles. The van der Waals surface area contributed by atoms with E-state index in [0.29, 0.717) is 19.6 Å². The predicted octanol–water partition coefficient (Wildman–Crippen LogP) is 5.25. The van der Waals surface area contributed by atoms with Crippen LogP contribution < -0.4 is 0 Å². The molecule has 3 rings (SSSR count). The third-order valence-corrected chi connectivity index (χ3v) is 5.46. The molecule has 1 heterocycles. The third kappa shape index (κ3) is 4.56. The Bertz CT molecular complexity index is 749. The van der Waals surface area contributed by atoms with Crippen molar-refractivity contribution in [1.82, 2.24) is 0 Å². The van der Waals surface area contributed by atoms with Crippen LogP contribution in [0.4, 0.5) is 0 Å². The van der Waals surface area contributed by atoms with Crippen LogP contribution in [0.2, 0.25) is 0 Å². The highest BCUT2D eigenvalue weighted by molar-refractivity contribution is 7.98. The zero-order valence-electron chi connectivity index (χ0n) is 15.5. The van der Waals surface area contributed by atoms with Gasteiger partial charge in [0.25, 0.3) is 0 Å². The summed E-state index contributed by atoms with van der Waals surface area (Å²) in [6.45, 7) is 5.59. The van der Waals surface area contributed by atoms with Gasteiger partial charge >= 0.3 is 0 Å². The molecule has 0 N–H and O–H groups in total. The lowest BCUT2D eigenvalue weighted by Gasteiger charge is -2.19. The zero-order valence-corrected chi connectivity index (χ0v) is 16.3. The fraction of sp³-hybridized carbons (Fsp3) is 0.409. The van der Waals surface area contributed by atoms with Crippen LogP contribution in [-0.2, 0) is 21.6 Å². The highest BCUT2D eigenvalue weighted by Crippen LogP contribution is 2.34. The molecule has 1 aliphatic rings. The summed E-state index contributed by atoms with van der Waals surface area (Å²) in [6.07, 6.45) is 2.42. The van der Waals surface area contributed by atoms with E-state index in [2.05, 4.69) is 19.9 Å². The minimum Gasteiger partial charge on any atom is -0.352 e. The number of ether oxygens (including phenoxy) is 2. The van der Waals surface area contributed by atoms with Crippen molar-refractivity contribution < 1.29 is 14.3 Å². The van der Waals surface area contributed by atoms with Crippen LogP contribution in [-0.4, -0.2) is 25.3 Å². The smallest absolute Gasteiger partial charge is 0.194 e. The van der Waals surface area contributed by atoms with Gasteiger partial charge in [0.05, 0.1) is 0 Å². The van der Waals surface area contributed by atoms with Gasteiger partial charge in [0.15, 0.2) is 12.1 Å². The van der Waals surface area contributed by atoms with E-state index in [1.54, 1.807) is 11.8 Å². The van der Waals surface area contributed by atoms with Crippen molar-refractivity contribution in [2.24, 2.45) is 0 Å². The average molecular weight is 371 g/mol. The Morgan fingerprint density at radius 1 is 1.00 bits per heavy atom. The van der Waals surface area contributed by atoms with Crippen molar-refractivity contribution in [3.05, 3.63) is 64.7 Å². The minimum absolute atomic E-state index is 0.119. The normalized spacial score (nSPS) is 13.4. The molecular formula is C22H26O3S. The lowest BCUT2D eigenvalue weighted by molar-refractivity contribution is -0.141. The summed E-state index contributed by atoms with van der Waals surface area (Å²) in [7, 11) is 0. The van der Waals surface area contributed by atoms with Gasteiger partial charge in [-0.3, -0.25) is 4.79 Å². The molecular weight excluding hydrogens is 344 g/mol. The second-order valence-corrected chi connectivity index (χ2v) is 7.50. The van der Waals surface area contributed by atoms with E-state index in [1.807, 2.05) is 36.4 Å². The lowest BCUT2D eigenvalue weighted by atomic mass is 9.98. The third-order valence-electron chi connectivity index (χ3n) is 4.35. The average Bonchev–Trinajstić information content (AvgIpc) is 2.81. The Labute approximate surface area is 160 Å². The highest BCUT2D eigenvalue weighted by atomic mass is 32.2. The number of carbonyl (C=O) groups is 1. The van der Waals surface area contributed by atoms with Crippen molar-refractivity contribution in [1.29, 1.82) is 0 Å². The quantitative estimate of drug-likeness (QED) is 0.595. The van der Waals surface area contributed by atoms with Crippen molar-refractivity contribution in [2.75, 3.05) is 13.2 Å². The SMILES string of the molecule is CCCOC(Cc1ccc2c(c1)SCc1ccccc1C2=O)OCCC. The fourth-order valence-electron chi connectivity index (χ4n) is 3.03. The molecule has 3 nitrogen and oxygen atoms in total. The van der Waals surface area contributed by atoms with Gasteiger partial charge in [0, 0.05) is 41.4 Å². The van der Waals surface area contributed by atoms with Gasteiger partial charge in [-0.25, -0.2) is 0 Å². The van der Waals surface area contributed by atoms with Gasteiger partial charge in [0.1, 0.15) is 0 Å². The lowest BCUT2D eigenvalue weighted by Crippen LogP contribution is -2.21. The number of hydrogen-bond acceptors (Lipinski definition) is 4. The molecule has 0 saturated carbocycles. The molecule has 0 atom stereocenters. The van der Waals surface area contributed by atoms with E-state index < -0.39 is 0 Å². The first-order valence-corrected chi connectivity index (χ1v) is 10.3. The number of hydrogen-bond donors (Lipinski definition) is 0. The van der Waals surface area contributed by atoms with Crippen LogP contribution in [0.1, 0.15) is 53.7 Å². The highest BCUT2D eigenvalue weighted by Gasteiger charge is 2.22. The standard InChI is InChI=1S/C22H26O3S/c1-3-11-24-21(25-12-4-2)14-16-9-10-19-20(13-16)26-15-17-7-5-6-8-18(17)22(19)23/h5-10,13,21H,3-4,11-12,14-15H2,1-2H3. The van der Waals surface area contributed by atoms with Gasteiger partial charge in [-0.1, -0.05) is 44.2 Å². The van der Waals surface area contributed by atoms with Crippen LogP contribution in [0, 0.1) is 0 Å². The molecule has 0 radical (unpaired) electrons. The summed E-state index contributed by atoms with van der Waals surface area (Å²) < 4.78 is 11.7. The molecule has 2 aromatic rings. The van der Waals surface area contributed by atoms with Crippen molar-refractivity contribution in [3.63, 3.8) is 0 Å². The number of ketones is 1. The largest absolute Gasteiger partial charge is 0.352 e. The Morgan fingerprint density at radius 3 is 2.46 bits per heavy atom. The number of rotatable bonds is 8. The summed E-state index contributed by atoms with van der Waals surface area (Å²) in [4.78, 5) is 13.9. The molecule has 0 fully saturated rings. The van der Waals surface area contributed by atoms with Gasteiger partial charge in [-0.15, -0.1) is 11.8 Å². The monoisotopic (exact) mass is 370 g/mol. The number of benzene rings is 2. The Morgan fingerprint density at radius 2 is 1.73 bits per heavy atom. The fourth-order valence-corrected chi connectivity index (χ4v) is 4.14. The molecule has 26 heavy (non-hydrogen) atoms. The van der Waals surface area contributed by atoms with E-state index in [4.69, 9.17) is 9.47 Å². The molecule has 0 unspecified atom stereocenters. The zero-order chi connectivity index (χ0) is 18.4. The van der Waals surface area contributed by atoms with E-state index in [0.717, 1.165) is 45.7 Å². The summed E-state index contributed by atoms with van der Waals surface area (Å²) in [5, 5.41) is 0. The van der Waals surface area contributed by atoms with Crippen molar-refractivity contribution in [2.45, 2.75) is 50.0 Å². The molecule has 138 valence electrons. The van der Waals surface area contributed by atoms with E-state index in [1.165, 1.54) is 0 Å². The molecule has 0 aromatic heterocycles. The Balaban J connectivity index is 1.79. The topological polar surface area (TPSA) is 35.5 Å². The van der Waals surface area contributed by atoms with Crippen LogP contribution >= 0.6 is 11.8 Å². The molecule has 0 aliphatic carbocycles. The summed E-state index contributed by atoms with van der Waals surface area (Å²) >= 11 is 1.73. The first-order chi connectivity index (χ1) is 12.7.